The normalized spacial score (nSPS) is 22.1. The predicted octanol–water partition coefficient (Wildman–Crippen LogP) is 2.77. The Morgan fingerprint density at radius 2 is 2.29 bits per heavy atom. The summed E-state index contributed by atoms with van der Waals surface area (Å²) in [6.07, 6.45) is 0.564. The first-order valence-corrected chi connectivity index (χ1v) is 8.39. The molecule has 1 aliphatic heterocycles. The summed E-state index contributed by atoms with van der Waals surface area (Å²) in [6.45, 7) is 5.74. The second-order valence-corrected chi connectivity index (χ2v) is 6.08. The number of hydrogen-bond donors (Lipinski definition) is 0. The third kappa shape index (κ3) is 5.00. The van der Waals surface area contributed by atoms with Crippen LogP contribution in [0, 0.1) is 6.92 Å². The first kappa shape index (κ1) is 16.3. The number of alkyl halides is 1. The highest BCUT2D eigenvalue weighted by atomic mass is 79.9. The van der Waals surface area contributed by atoms with Crippen molar-refractivity contribution in [3.05, 3.63) is 29.8 Å². The number of halogens is 1. The molecule has 0 aliphatic carbocycles. The number of ether oxygens (including phenoxy) is 2. The molecule has 2 atom stereocenters. The zero-order chi connectivity index (χ0) is 15.2. The monoisotopic (exact) mass is 355 g/mol. The fourth-order valence-corrected chi connectivity index (χ4v) is 2.81. The lowest BCUT2D eigenvalue weighted by Gasteiger charge is -2.36. The maximum Gasteiger partial charge on any atom is 0.226 e. The number of amides is 1. The highest BCUT2D eigenvalue weighted by Gasteiger charge is 2.27. The summed E-state index contributed by atoms with van der Waals surface area (Å²) >= 11 is 3.42. The Morgan fingerprint density at radius 1 is 1.48 bits per heavy atom. The van der Waals surface area contributed by atoms with Crippen LogP contribution < -0.4 is 4.74 Å². The van der Waals surface area contributed by atoms with Crippen LogP contribution in [-0.4, -0.2) is 48.0 Å². The van der Waals surface area contributed by atoms with Gasteiger partial charge >= 0.3 is 0 Å². The average Bonchev–Trinajstić information content (AvgIpc) is 2.46. The van der Waals surface area contributed by atoms with Gasteiger partial charge in [-0.2, -0.15) is 0 Å². The lowest BCUT2D eigenvalue weighted by Crippen LogP contribution is -2.50. The maximum absolute atomic E-state index is 12.2. The van der Waals surface area contributed by atoms with E-state index in [2.05, 4.69) is 15.9 Å². The van der Waals surface area contributed by atoms with Crippen molar-refractivity contribution in [1.82, 2.24) is 4.90 Å². The third-order valence-electron chi connectivity index (χ3n) is 3.43. The molecule has 1 saturated heterocycles. The summed E-state index contributed by atoms with van der Waals surface area (Å²) in [6, 6.07) is 7.86. The molecule has 2 rings (SSSR count). The van der Waals surface area contributed by atoms with E-state index < -0.39 is 0 Å². The van der Waals surface area contributed by atoms with Gasteiger partial charge in [-0.3, -0.25) is 4.79 Å². The molecular weight excluding hydrogens is 334 g/mol. The summed E-state index contributed by atoms with van der Waals surface area (Å²) in [5, 5.41) is 0.751. The van der Waals surface area contributed by atoms with Crippen molar-refractivity contribution in [1.29, 1.82) is 0 Å². The van der Waals surface area contributed by atoms with Gasteiger partial charge in [0.2, 0.25) is 5.91 Å². The Morgan fingerprint density at radius 3 is 3.00 bits per heavy atom. The molecule has 1 fully saturated rings. The minimum atomic E-state index is 0.0791. The molecule has 1 amide bonds. The molecular formula is C16H22BrNO3. The number of benzene rings is 1. The molecule has 0 spiro atoms. The van der Waals surface area contributed by atoms with E-state index in [4.69, 9.17) is 9.47 Å². The van der Waals surface area contributed by atoms with E-state index >= 15 is 0 Å². The van der Waals surface area contributed by atoms with Crippen molar-refractivity contribution >= 4 is 21.8 Å². The van der Waals surface area contributed by atoms with Crippen LogP contribution in [0.5, 0.6) is 5.75 Å². The van der Waals surface area contributed by atoms with Crippen molar-refractivity contribution in [2.24, 2.45) is 0 Å². The molecule has 2 unspecified atom stereocenters. The summed E-state index contributed by atoms with van der Waals surface area (Å²) in [7, 11) is 0. The number of nitrogens with zero attached hydrogens (tertiary/aromatic N) is 1. The molecule has 0 radical (unpaired) electrons. The first-order valence-electron chi connectivity index (χ1n) is 7.27. The van der Waals surface area contributed by atoms with E-state index in [0.29, 0.717) is 26.1 Å². The van der Waals surface area contributed by atoms with Crippen molar-refractivity contribution in [2.45, 2.75) is 32.5 Å². The lowest BCUT2D eigenvalue weighted by atomic mass is 10.2. The molecule has 1 heterocycles. The highest BCUT2D eigenvalue weighted by molar-refractivity contribution is 9.09. The van der Waals surface area contributed by atoms with Crippen LogP contribution in [0.1, 0.15) is 18.9 Å². The second-order valence-electron chi connectivity index (χ2n) is 5.44. The fraction of sp³-hybridized carbons (Fsp3) is 0.562. The zero-order valence-corrected chi connectivity index (χ0v) is 14.1. The summed E-state index contributed by atoms with van der Waals surface area (Å²) in [5.74, 6) is 0.945. The van der Waals surface area contributed by atoms with Crippen LogP contribution in [0.4, 0.5) is 0 Å². The molecule has 1 aliphatic rings. The van der Waals surface area contributed by atoms with Crippen molar-refractivity contribution in [2.75, 3.05) is 25.0 Å². The van der Waals surface area contributed by atoms with E-state index in [9.17, 15) is 4.79 Å². The Kier molecular flexibility index (Phi) is 6.06. The quantitative estimate of drug-likeness (QED) is 0.762. The van der Waals surface area contributed by atoms with Gasteiger partial charge in [-0.05, 0) is 31.5 Å². The number of carbonyl (C=O) groups is 1. The van der Waals surface area contributed by atoms with E-state index in [-0.39, 0.29) is 18.1 Å². The number of aryl methyl sites for hydroxylation is 1. The summed E-state index contributed by atoms with van der Waals surface area (Å²) in [5.41, 5.74) is 1.15. The number of hydrogen-bond acceptors (Lipinski definition) is 3. The molecule has 0 aromatic heterocycles. The second kappa shape index (κ2) is 7.80. The standard InChI is InChI=1S/C16H22BrNO3/c1-12-4-3-5-14(8-12)20-7-6-16(19)18-10-13(2)21-15(9-17)11-18/h3-5,8,13,15H,6-7,9-11H2,1-2H3. The zero-order valence-electron chi connectivity index (χ0n) is 12.5. The third-order valence-corrected chi connectivity index (χ3v) is 4.15. The minimum Gasteiger partial charge on any atom is -0.493 e. The van der Waals surface area contributed by atoms with Gasteiger partial charge in [-0.25, -0.2) is 0 Å². The van der Waals surface area contributed by atoms with Gasteiger partial charge in [-0.15, -0.1) is 0 Å². The van der Waals surface area contributed by atoms with Crippen molar-refractivity contribution in [3.63, 3.8) is 0 Å². The molecule has 5 heteroatoms. The Hall–Kier alpha value is -1.07. The van der Waals surface area contributed by atoms with Crippen molar-refractivity contribution in [3.8, 4) is 5.75 Å². The topological polar surface area (TPSA) is 38.8 Å². The van der Waals surface area contributed by atoms with Crippen LogP contribution in [-0.2, 0) is 9.53 Å². The van der Waals surface area contributed by atoms with Crippen LogP contribution in [0.2, 0.25) is 0 Å². The largest absolute Gasteiger partial charge is 0.493 e. The van der Waals surface area contributed by atoms with E-state index in [1.54, 1.807) is 0 Å². The van der Waals surface area contributed by atoms with Crippen LogP contribution in [0.3, 0.4) is 0 Å². The lowest BCUT2D eigenvalue weighted by molar-refractivity contribution is -0.143. The Bertz CT molecular complexity index is 480. The minimum absolute atomic E-state index is 0.0791. The smallest absolute Gasteiger partial charge is 0.226 e. The number of morpholine rings is 1. The maximum atomic E-state index is 12.2. The van der Waals surface area contributed by atoms with Gasteiger partial charge in [0.05, 0.1) is 25.2 Å². The van der Waals surface area contributed by atoms with Gasteiger partial charge in [0.15, 0.2) is 0 Å². The predicted molar refractivity (Wildman–Crippen MR) is 86.0 cm³/mol. The summed E-state index contributed by atoms with van der Waals surface area (Å²) in [4.78, 5) is 14.1. The van der Waals surface area contributed by atoms with E-state index in [1.165, 1.54) is 0 Å². The van der Waals surface area contributed by atoms with Gasteiger partial charge in [0.25, 0.3) is 0 Å². The van der Waals surface area contributed by atoms with Gasteiger partial charge < -0.3 is 14.4 Å². The van der Waals surface area contributed by atoms with Crippen LogP contribution in [0.15, 0.2) is 24.3 Å². The van der Waals surface area contributed by atoms with E-state index in [1.807, 2.05) is 43.0 Å². The Balaban J connectivity index is 1.79. The van der Waals surface area contributed by atoms with Gasteiger partial charge in [-0.1, -0.05) is 28.1 Å². The van der Waals surface area contributed by atoms with Crippen molar-refractivity contribution < 1.29 is 14.3 Å². The Labute approximate surface area is 134 Å². The number of rotatable bonds is 5. The molecule has 21 heavy (non-hydrogen) atoms. The molecule has 1 aromatic rings. The summed E-state index contributed by atoms with van der Waals surface area (Å²) < 4.78 is 11.4. The first-order chi connectivity index (χ1) is 10.1. The molecule has 1 aromatic carbocycles. The van der Waals surface area contributed by atoms with Crippen LogP contribution >= 0.6 is 15.9 Å². The molecule has 0 saturated carbocycles. The molecule has 116 valence electrons. The number of carbonyl (C=O) groups excluding carboxylic acids is 1. The highest BCUT2D eigenvalue weighted by Crippen LogP contribution is 2.15. The SMILES string of the molecule is Cc1cccc(OCCC(=O)N2CC(C)OC(CBr)C2)c1. The molecule has 4 nitrogen and oxygen atoms in total. The van der Waals surface area contributed by atoms with Crippen LogP contribution in [0.25, 0.3) is 0 Å². The molecule has 0 bridgehead atoms. The molecule has 0 N–H and O–H groups in total. The van der Waals surface area contributed by atoms with Gasteiger partial charge in [0, 0.05) is 18.4 Å². The van der Waals surface area contributed by atoms with E-state index in [0.717, 1.165) is 16.6 Å². The average molecular weight is 356 g/mol. The van der Waals surface area contributed by atoms with Gasteiger partial charge in [0.1, 0.15) is 5.75 Å². The fourth-order valence-electron chi connectivity index (χ4n) is 2.45.